The third kappa shape index (κ3) is 4.11. The van der Waals surface area contributed by atoms with Crippen molar-refractivity contribution in [3.63, 3.8) is 0 Å². The average Bonchev–Trinajstić information content (AvgIpc) is 2.92. The molecule has 0 atom stereocenters. The number of nitrogens with zero attached hydrogens (tertiary/aromatic N) is 2. The number of nitrogens with one attached hydrogen (secondary N) is 2. The first kappa shape index (κ1) is 17.7. The minimum Gasteiger partial charge on any atom is -0.360 e. The Morgan fingerprint density at radius 3 is 2.68 bits per heavy atom. The number of benzene rings is 1. The molecule has 130 valence electrons. The van der Waals surface area contributed by atoms with E-state index in [2.05, 4.69) is 41.6 Å². The highest BCUT2D eigenvalue weighted by Crippen LogP contribution is 2.34. The molecule has 0 bridgehead atoms. The molecule has 3 aromatic rings. The number of carbonyl (C=O) groups is 1. The fourth-order valence-electron chi connectivity index (χ4n) is 2.40. The second-order valence-electron chi connectivity index (χ2n) is 5.58. The normalized spacial score (nSPS) is 10.8. The molecule has 0 radical (unpaired) electrons. The van der Waals surface area contributed by atoms with Gasteiger partial charge in [-0.3, -0.25) is 4.79 Å². The minimum absolute atomic E-state index is 0.0726. The molecule has 0 aliphatic rings. The monoisotopic (exact) mass is 372 g/mol. The second kappa shape index (κ2) is 7.84. The van der Waals surface area contributed by atoms with Crippen LogP contribution in [0.5, 0.6) is 0 Å². The molecule has 0 aliphatic carbocycles. The molecular weight excluding hydrogens is 352 g/mol. The largest absolute Gasteiger partial charge is 0.360 e. The molecule has 25 heavy (non-hydrogen) atoms. The molecule has 2 N–H and O–H groups in total. The topological polar surface area (TPSA) is 66.9 Å². The van der Waals surface area contributed by atoms with E-state index < -0.39 is 0 Å². The zero-order valence-electron chi connectivity index (χ0n) is 14.4. The van der Waals surface area contributed by atoms with Crippen molar-refractivity contribution in [3.8, 4) is 0 Å². The predicted octanol–water partition coefficient (Wildman–Crippen LogP) is 3.76. The quantitative estimate of drug-likeness (QED) is 0.645. The minimum atomic E-state index is -0.0726. The van der Waals surface area contributed by atoms with Crippen LogP contribution in [0.4, 0.5) is 5.82 Å². The van der Waals surface area contributed by atoms with E-state index in [0.717, 1.165) is 21.9 Å². The lowest BCUT2D eigenvalue weighted by Crippen LogP contribution is -2.26. The highest BCUT2D eigenvalue weighted by Gasteiger charge is 2.15. The lowest BCUT2D eigenvalue weighted by molar-refractivity contribution is -0.118. The summed E-state index contributed by atoms with van der Waals surface area (Å²) in [5.41, 5.74) is 1.17. The fraction of sp³-hybridized carbons (Fsp3) is 0.278. The van der Waals surface area contributed by atoms with E-state index >= 15 is 0 Å². The van der Waals surface area contributed by atoms with Gasteiger partial charge in [-0.15, -0.1) is 23.1 Å². The zero-order valence-corrected chi connectivity index (χ0v) is 16.1. The first-order valence-corrected chi connectivity index (χ1v) is 9.77. The van der Waals surface area contributed by atoms with Crippen LogP contribution in [0.15, 0.2) is 35.2 Å². The van der Waals surface area contributed by atoms with Crippen molar-refractivity contribution in [1.29, 1.82) is 0 Å². The standard InChI is InChI=1S/C18H20N4OS2/c1-11-12(2)25-18-16(11)17(20-9-15(23)19-3)21-14(22-18)10-24-13-7-5-4-6-8-13/h4-8H,9-10H2,1-3H3,(H,19,23)(H,20,21,22). The van der Waals surface area contributed by atoms with Gasteiger partial charge in [-0.25, -0.2) is 9.97 Å². The molecule has 0 aliphatic heterocycles. The fourth-order valence-corrected chi connectivity index (χ4v) is 4.23. The highest BCUT2D eigenvalue weighted by atomic mass is 32.2. The third-order valence-electron chi connectivity index (χ3n) is 3.88. The Bertz CT molecular complexity index is 893. The summed E-state index contributed by atoms with van der Waals surface area (Å²) in [6.45, 7) is 4.35. The number of anilines is 1. The molecule has 3 rings (SSSR count). The van der Waals surface area contributed by atoms with Gasteiger partial charge in [0.25, 0.3) is 0 Å². The number of thioether (sulfide) groups is 1. The molecule has 0 saturated heterocycles. The van der Waals surface area contributed by atoms with Crippen LogP contribution in [0.3, 0.4) is 0 Å². The van der Waals surface area contributed by atoms with Crippen molar-refractivity contribution in [2.75, 3.05) is 18.9 Å². The van der Waals surface area contributed by atoms with Crippen LogP contribution in [0.1, 0.15) is 16.3 Å². The van der Waals surface area contributed by atoms with Gasteiger partial charge < -0.3 is 10.6 Å². The third-order valence-corrected chi connectivity index (χ3v) is 5.99. The number of amides is 1. The Morgan fingerprint density at radius 1 is 1.20 bits per heavy atom. The van der Waals surface area contributed by atoms with Crippen LogP contribution in [0, 0.1) is 13.8 Å². The first-order chi connectivity index (χ1) is 12.1. The van der Waals surface area contributed by atoms with Crippen molar-refractivity contribution in [1.82, 2.24) is 15.3 Å². The first-order valence-electron chi connectivity index (χ1n) is 7.97. The van der Waals surface area contributed by atoms with Crippen molar-refractivity contribution in [2.45, 2.75) is 24.5 Å². The molecule has 0 unspecified atom stereocenters. The van der Waals surface area contributed by atoms with E-state index in [0.29, 0.717) is 5.75 Å². The summed E-state index contributed by atoms with van der Waals surface area (Å²) < 4.78 is 0. The van der Waals surface area contributed by atoms with Gasteiger partial charge in [0.2, 0.25) is 5.91 Å². The number of hydrogen-bond acceptors (Lipinski definition) is 6. The molecule has 2 heterocycles. The van der Waals surface area contributed by atoms with Gasteiger partial charge in [-0.1, -0.05) is 18.2 Å². The van der Waals surface area contributed by atoms with Crippen LogP contribution in [-0.4, -0.2) is 29.5 Å². The highest BCUT2D eigenvalue weighted by molar-refractivity contribution is 7.98. The average molecular weight is 373 g/mol. The van der Waals surface area contributed by atoms with Crippen LogP contribution in [0.2, 0.25) is 0 Å². The number of fused-ring (bicyclic) bond motifs is 1. The van der Waals surface area contributed by atoms with Crippen molar-refractivity contribution in [3.05, 3.63) is 46.6 Å². The molecule has 1 aromatic carbocycles. The summed E-state index contributed by atoms with van der Waals surface area (Å²) in [4.78, 5) is 24.4. The Balaban J connectivity index is 1.89. The van der Waals surface area contributed by atoms with Gasteiger partial charge in [0.15, 0.2) is 0 Å². The van der Waals surface area contributed by atoms with Crippen LogP contribution >= 0.6 is 23.1 Å². The molecule has 0 saturated carbocycles. The van der Waals surface area contributed by atoms with E-state index in [4.69, 9.17) is 4.98 Å². The summed E-state index contributed by atoms with van der Waals surface area (Å²) in [7, 11) is 1.63. The maximum atomic E-state index is 11.6. The van der Waals surface area contributed by atoms with Crippen molar-refractivity contribution >= 4 is 45.0 Å². The maximum Gasteiger partial charge on any atom is 0.239 e. The molecule has 0 spiro atoms. The summed E-state index contributed by atoms with van der Waals surface area (Å²) in [5.74, 6) is 2.11. The summed E-state index contributed by atoms with van der Waals surface area (Å²) in [6.07, 6.45) is 0. The lowest BCUT2D eigenvalue weighted by atomic mass is 10.2. The second-order valence-corrected chi connectivity index (χ2v) is 7.83. The zero-order chi connectivity index (χ0) is 17.8. The Kier molecular flexibility index (Phi) is 5.55. The number of aromatic nitrogens is 2. The van der Waals surface area contributed by atoms with Gasteiger partial charge in [0.05, 0.1) is 17.7 Å². The van der Waals surface area contributed by atoms with E-state index in [1.807, 2.05) is 18.2 Å². The smallest absolute Gasteiger partial charge is 0.239 e. The number of hydrogen-bond donors (Lipinski definition) is 2. The number of thiophene rings is 1. The number of aryl methyl sites for hydroxylation is 2. The van der Waals surface area contributed by atoms with Gasteiger partial charge >= 0.3 is 0 Å². The summed E-state index contributed by atoms with van der Waals surface area (Å²) in [6, 6.07) is 10.2. The van der Waals surface area contributed by atoms with Gasteiger partial charge in [-0.2, -0.15) is 0 Å². The molecular formula is C18H20N4OS2. The molecule has 1 amide bonds. The predicted molar refractivity (Wildman–Crippen MR) is 105 cm³/mol. The molecule has 5 nitrogen and oxygen atoms in total. The lowest BCUT2D eigenvalue weighted by Gasteiger charge is -2.09. The van der Waals surface area contributed by atoms with E-state index in [-0.39, 0.29) is 12.5 Å². The van der Waals surface area contributed by atoms with Gasteiger partial charge in [0.1, 0.15) is 16.5 Å². The maximum absolute atomic E-state index is 11.6. The summed E-state index contributed by atoms with van der Waals surface area (Å²) in [5, 5.41) is 6.80. The molecule has 7 heteroatoms. The number of carbonyl (C=O) groups excluding carboxylic acids is 1. The van der Waals surface area contributed by atoms with E-state index in [1.165, 1.54) is 15.3 Å². The Hall–Kier alpha value is -2.12. The van der Waals surface area contributed by atoms with E-state index in [1.54, 1.807) is 30.1 Å². The van der Waals surface area contributed by atoms with Gasteiger partial charge in [-0.05, 0) is 31.5 Å². The SMILES string of the molecule is CNC(=O)CNc1nc(CSc2ccccc2)nc2sc(C)c(C)c12. The Morgan fingerprint density at radius 2 is 1.96 bits per heavy atom. The number of rotatable bonds is 6. The molecule has 0 fully saturated rings. The van der Waals surface area contributed by atoms with Crippen LogP contribution < -0.4 is 10.6 Å². The van der Waals surface area contributed by atoms with Crippen molar-refractivity contribution < 1.29 is 4.79 Å². The van der Waals surface area contributed by atoms with Crippen LogP contribution in [-0.2, 0) is 10.5 Å². The van der Waals surface area contributed by atoms with Gasteiger partial charge in [0, 0.05) is 16.8 Å². The van der Waals surface area contributed by atoms with Crippen molar-refractivity contribution in [2.24, 2.45) is 0 Å². The summed E-state index contributed by atoms with van der Waals surface area (Å²) >= 11 is 3.37. The molecule has 2 aromatic heterocycles. The Labute approximate surface area is 155 Å². The number of likely N-dealkylation sites (N-methyl/N-ethyl adjacent to an activating group) is 1. The van der Waals surface area contributed by atoms with Crippen LogP contribution in [0.25, 0.3) is 10.2 Å². The van der Waals surface area contributed by atoms with E-state index in [9.17, 15) is 4.79 Å².